The van der Waals surface area contributed by atoms with Crippen LogP contribution in [0.4, 0.5) is 11.4 Å². The van der Waals surface area contributed by atoms with Crippen LogP contribution in [0, 0.1) is 0 Å². The molecule has 1 heterocycles. The molecule has 1 saturated heterocycles. The highest BCUT2D eigenvalue weighted by atomic mass is 35.5. The van der Waals surface area contributed by atoms with E-state index in [1.165, 1.54) is 11.9 Å². The van der Waals surface area contributed by atoms with E-state index in [0.29, 0.717) is 34.3 Å². The Morgan fingerprint density at radius 1 is 1.11 bits per heavy atom. The summed E-state index contributed by atoms with van der Waals surface area (Å²) in [5.41, 5.74) is 1.52. The maximum Gasteiger partial charge on any atom is 0.254 e. The number of para-hydroxylation sites is 1. The molecule has 0 bridgehead atoms. The molecule has 0 aliphatic carbocycles. The number of hydrogen-bond acceptors (Lipinski definition) is 3. The Hall–Kier alpha value is -2.57. The Morgan fingerprint density at radius 3 is 2.32 bits per heavy atom. The van der Waals surface area contributed by atoms with E-state index < -0.39 is 5.91 Å². The van der Waals surface area contributed by atoms with Crippen LogP contribution in [-0.2, 0) is 9.59 Å². The van der Waals surface area contributed by atoms with Crippen LogP contribution in [0.15, 0.2) is 42.5 Å². The third-order valence-electron chi connectivity index (χ3n) is 4.45. The van der Waals surface area contributed by atoms with Gasteiger partial charge in [0.25, 0.3) is 5.91 Å². The third kappa shape index (κ3) is 4.46. The highest BCUT2D eigenvalue weighted by molar-refractivity contribution is 6.39. The van der Waals surface area contributed by atoms with Gasteiger partial charge in [0.05, 0.1) is 22.3 Å². The van der Waals surface area contributed by atoms with Crippen LogP contribution in [-0.4, -0.2) is 42.8 Å². The fourth-order valence-corrected chi connectivity index (χ4v) is 3.50. The lowest BCUT2D eigenvalue weighted by Gasteiger charge is -2.19. The molecule has 0 radical (unpaired) electrons. The van der Waals surface area contributed by atoms with Gasteiger partial charge in [-0.25, -0.2) is 0 Å². The number of carbonyl (C=O) groups excluding carboxylic acids is 3. The van der Waals surface area contributed by atoms with E-state index in [0.717, 1.165) is 12.1 Å². The predicted octanol–water partition coefficient (Wildman–Crippen LogP) is 3.83. The Kier molecular flexibility index (Phi) is 6.21. The minimum absolute atomic E-state index is 0.0890. The minimum Gasteiger partial charge on any atom is -0.332 e. The van der Waals surface area contributed by atoms with Crippen molar-refractivity contribution in [2.45, 2.75) is 12.8 Å². The summed E-state index contributed by atoms with van der Waals surface area (Å²) in [4.78, 5) is 39.7. The largest absolute Gasteiger partial charge is 0.332 e. The first kappa shape index (κ1) is 20.2. The number of anilines is 2. The highest BCUT2D eigenvalue weighted by Gasteiger charge is 2.22. The number of carbonyl (C=O) groups is 3. The summed E-state index contributed by atoms with van der Waals surface area (Å²) >= 11 is 12.1. The van der Waals surface area contributed by atoms with Crippen LogP contribution in [0.5, 0.6) is 0 Å². The van der Waals surface area contributed by atoms with E-state index in [9.17, 15) is 14.4 Å². The highest BCUT2D eigenvalue weighted by Crippen LogP contribution is 2.29. The number of nitrogens with zero attached hydrogens (tertiary/aromatic N) is 2. The van der Waals surface area contributed by atoms with Gasteiger partial charge in [0.2, 0.25) is 11.8 Å². The zero-order chi connectivity index (χ0) is 20.3. The molecule has 6 nitrogen and oxygen atoms in total. The van der Waals surface area contributed by atoms with Crippen LogP contribution in [0.25, 0.3) is 0 Å². The van der Waals surface area contributed by atoms with Gasteiger partial charge in [-0.3, -0.25) is 14.4 Å². The van der Waals surface area contributed by atoms with Crippen molar-refractivity contribution in [3.8, 4) is 0 Å². The lowest BCUT2D eigenvalue weighted by molar-refractivity contribution is -0.117. The Balaban J connectivity index is 1.62. The standard InChI is InChI=1S/C20H19Cl2N3O3/c1-24(12-17(26)23-19-15(21)4-2-5-16(19)22)20(28)13-7-9-14(10-8-13)25-11-3-6-18(25)27/h2,4-5,7-10H,3,6,11-12H2,1H3,(H,23,26). The molecule has 0 aromatic heterocycles. The van der Waals surface area contributed by atoms with Crippen LogP contribution >= 0.6 is 23.2 Å². The first-order chi connectivity index (χ1) is 13.4. The molecule has 1 N–H and O–H groups in total. The van der Waals surface area contributed by atoms with Gasteiger partial charge in [-0.2, -0.15) is 0 Å². The van der Waals surface area contributed by atoms with Gasteiger partial charge in [0.1, 0.15) is 0 Å². The molecule has 0 saturated carbocycles. The van der Waals surface area contributed by atoms with Gasteiger partial charge in [-0.1, -0.05) is 29.3 Å². The second-order valence-electron chi connectivity index (χ2n) is 6.50. The van der Waals surface area contributed by atoms with Crippen molar-refractivity contribution in [3.63, 3.8) is 0 Å². The number of amides is 3. The first-order valence-corrected chi connectivity index (χ1v) is 9.52. The molecule has 3 amide bonds. The summed E-state index contributed by atoms with van der Waals surface area (Å²) in [6.07, 6.45) is 1.39. The molecule has 8 heteroatoms. The Morgan fingerprint density at radius 2 is 1.75 bits per heavy atom. The van der Waals surface area contributed by atoms with Gasteiger partial charge < -0.3 is 15.1 Å². The average Bonchev–Trinajstić information content (AvgIpc) is 3.10. The lowest BCUT2D eigenvalue weighted by atomic mass is 10.1. The number of rotatable bonds is 5. The molecular formula is C20H19Cl2N3O3. The summed E-state index contributed by atoms with van der Waals surface area (Å²) < 4.78 is 0. The van der Waals surface area contributed by atoms with Crippen LogP contribution in [0.2, 0.25) is 10.0 Å². The summed E-state index contributed by atoms with van der Waals surface area (Å²) in [5, 5.41) is 3.27. The van der Waals surface area contributed by atoms with Crippen molar-refractivity contribution in [2.24, 2.45) is 0 Å². The zero-order valence-corrected chi connectivity index (χ0v) is 16.8. The van der Waals surface area contributed by atoms with Crippen molar-refractivity contribution in [1.82, 2.24) is 4.90 Å². The van der Waals surface area contributed by atoms with E-state index in [4.69, 9.17) is 23.2 Å². The number of likely N-dealkylation sites (N-methyl/N-ethyl adjacent to an activating group) is 1. The quantitative estimate of drug-likeness (QED) is 0.800. The molecular weight excluding hydrogens is 401 g/mol. The van der Waals surface area contributed by atoms with Crippen molar-refractivity contribution in [2.75, 3.05) is 30.4 Å². The number of nitrogens with one attached hydrogen (secondary N) is 1. The van der Waals surface area contributed by atoms with E-state index in [1.54, 1.807) is 47.4 Å². The summed E-state index contributed by atoms with van der Waals surface area (Å²) in [6, 6.07) is 11.7. The number of hydrogen-bond donors (Lipinski definition) is 1. The maximum atomic E-state index is 12.6. The summed E-state index contributed by atoms with van der Waals surface area (Å²) in [7, 11) is 1.54. The molecule has 2 aromatic rings. The van der Waals surface area contributed by atoms with Crippen molar-refractivity contribution >= 4 is 52.3 Å². The monoisotopic (exact) mass is 419 g/mol. The van der Waals surface area contributed by atoms with Crippen LogP contribution in [0.3, 0.4) is 0 Å². The first-order valence-electron chi connectivity index (χ1n) is 8.76. The van der Waals surface area contributed by atoms with Crippen LogP contribution in [0.1, 0.15) is 23.2 Å². The molecule has 1 fully saturated rings. The summed E-state index contributed by atoms with van der Waals surface area (Å²) in [6.45, 7) is 0.531. The van der Waals surface area contributed by atoms with Crippen molar-refractivity contribution in [1.29, 1.82) is 0 Å². The lowest BCUT2D eigenvalue weighted by Crippen LogP contribution is -2.35. The van der Waals surface area contributed by atoms with E-state index >= 15 is 0 Å². The molecule has 0 unspecified atom stereocenters. The summed E-state index contributed by atoms with van der Waals surface area (Å²) in [5.74, 6) is -0.629. The van der Waals surface area contributed by atoms with Gasteiger partial charge in [-0.05, 0) is 42.8 Å². The predicted molar refractivity (Wildman–Crippen MR) is 110 cm³/mol. The number of benzene rings is 2. The fourth-order valence-electron chi connectivity index (χ4n) is 3.01. The second-order valence-corrected chi connectivity index (χ2v) is 7.32. The Bertz CT molecular complexity index is 895. The van der Waals surface area contributed by atoms with E-state index in [2.05, 4.69) is 5.32 Å². The van der Waals surface area contributed by atoms with Crippen molar-refractivity contribution < 1.29 is 14.4 Å². The van der Waals surface area contributed by atoms with Gasteiger partial charge in [0, 0.05) is 31.3 Å². The molecule has 1 aliphatic heterocycles. The second kappa shape index (κ2) is 8.63. The molecule has 146 valence electrons. The molecule has 0 spiro atoms. The SMILES string of the molecule is CN(CC(=O)Nc1c(Cl)cccc1Cl)C(=O)c1ccc(N2CCCC2=O)cc1. The van der Waals surface area contributed by atoms with E-state index in [1.807, 2.05) is 0 Å². The van der Waals surface area contributed by atoms with Crippen molar-refractivity contribution in [3.05, 3.63) is 58.1 Å². The van der Waals surface area contributed by atoms with Crippen LogP contribution < -0.4 is 10.2 Å². The minimum atomic E-state index is -0.412. The van der Waals surface area contributed by atoms with E-state index in [-0.39, 0.29) is 18.4 Å². The number of halogens is 2. The normalized spacial score (nSPS) is 13.5. The zero-order valence-electron chi connectivity index (χ0n) is 15.2. The van der Waals surface area contributed by atoms with Gasteiger partial charge in [-0.15, -0.1) is 0 Å². The van der Waals surface area contributed by atoms with Gasteiger partial charge >= 0.3 is 0 Å². The smallest absolute Gasteiger partial charge is 0.254 e. The van der Waals surface area contributed by atoms with Gasteiger partial charge in [0.15, 0.2) is 0 Å². The molecule has 1 aliphatic rings. The third-order valence-corrected chi connectivity index (χ3v) is 5.08. The maximum absolute atomic E-state index is 12.6. The fraction of sp³-hybridized carbons (Fsp3) is 0.250. The molecule has 28 heavy (non-hydrogen) atoms. The topological polar surface area (TPSA) is 69.7 Å². The molecule has 0 atom stereocenters. The molecule has 2 aromatic carbocycles. The molecule has 3 rings (SSSR count). The Labute approximate surface area is 173 Å². The average molecular weight is 420 g/mol.